The van der Waals surface area contributed by atoms with Crippen molar-refractivity contribution in [2.45, 2.75) is 39.3 Å². The Labute approximate surface area is 115 Å². The Balaban J connectivity index is 1.93. The van der Waals surface area contributed by atoms with Crippen molar-refractivity contribution >= 4 is 0 Å². The molecule has 0 aliphatic carbocycles. The van der Waals surface area contributed by atoms with Crippen LogP contribution in [0.4, 0.5) is 0 Å². The normalized spacial score (nSPS) is 12.5. The lowest BCUT2D eigenvalue weighted by molar-refractivity contribution is 0.535. The maximum atomic E-state index is 4.36. The molecule has 2 aromatic rings. The molecule has 3 nitrogen and oxygen atoms in total. The van der Waals surface area contributed by atoms with Crippen molar-refractivity contribution in [3.05, 3.63) is 54.1 Å². The van der Waals surface area contributed by atoms with Crippen LogP contribution >= 0.6 is 0 Å². The Hall–Kier alpha value is -1.61. The number of aromatic nitrogens is 2. The summed E-state index contributed by atoms with van der Waals surface area (Å²) in [5.41, 5.74) is 2.53. The SMILES string of the molecule is CCNC(CC)c1ccn(CCc2ccccn2)c1. The molecule has 1 N–H and O–H groups in total. The van der Waals surface area contributed by atoms with Crippen LogP contribution in [0.1, 0.15) is 37.6 Å². The van der Waals surface area contributed by atoms with Gasteiger partial charge in [-0.1, -0.05) is 19.9 Å². The van der Waals surface area contributed by atoms with Gasteiger partial charge in [0.2, 0.25) is 0 Å². The predicted molar refractivity (Wildman–Crippen MR) is 79.1 cm³/mol. The van der Waals surface area contributed by atoms with Gasteiger partial charge in [0.1, 0.15) is 0 Å². The van der Waals surface area contributed by atoms with Gasteiger partial charge in [0.05, 0.1) is 0 Å². The average Bonchev–Trinajstić information content (AvgIpc) is 2.92. The Bertz CT molecular complexity index is 476. The highest BCUT2D eigenvalue weighted by Crippen LogP contribution is 2.16. The fourth-order valence-corrected chi connectivity index (χ4v) is 2.34. The molecule has 102 valence electrons. The Morgan fingerprint density at radius 1 is 1.26 bits per heavy atom. The van der Waals surface area contributed by atoms with E-state index in [2.05, 4.69) is 53.2 Å². The second-order valence-corrected chi connectivity index (χ2v) is 4.77. The number of pyridine rings is 1. The quantitative estimate of drug-likeness (QED) is 0.825. The smallest absolute Gasteiger partial charge is 0.0421 e. The first-order valence-corrected chi connectivity index (χ1v) is 7.12. The first-order valence-electron chi connectivity index (χ1n) is 7.12. The summed E-state index contributed by atoms with van der Waals surface area (Å²) < 4.78 is 2.25. The van der Waals surface area contributed by atoms with Gasteiger partial charge in [-0.25, -0.2) is 0 Å². The van der Waals surface area contributed by atoms with E-state index in [1.54, 1.807) is 0 Å². The van der Waals surface area contributed by atoms with Gasteiger partial charge in [-0.2, -0.15) is 0 Å². The van der Waals surface area contributed by atoms with E-state index in [1.807, 2.05) is 18.3 Å². The number of nitrogens with zero attached hydrogens (tertiary/aromatic N) is 2. The van der Waals surface area contributed by atoms with E-state index in [0.717, 1.165) is 31.6 Å². The van der Waals surface area contributed by atoms with Crippen LogP contribution in [0.15, 0.2) is 42.9 Å². The van der Waals surface area contributed by atoms with Crippen molar-refractivity contribution in [1.82, 2.24) is 14.9 Å². The van der Waals surface area contributed by atoms with Gasteiger partial charge in [0, 0.05) is 43.3 Å². The third-order valence-corrected chi connectivity index (χ3v) is 3.39. The van der Waals surface area contributed by atoms with Crippen molar-refractivity contribution in [3.8, 4) is 0 Å². The van der Waals surface area contributed by atoms with Crippen molar-refractivity contribution < 1.29 is 0 Å². The number of rotatable bonds is 7. The highest BCUT2D eigenvalue weighted by Gasteiger charge is 2.08. The van der Waals surface area contributed by atoms with Gasteiger partial charge >= 0.3 is 0 Å². The molecule has 2 rings (SSSR count). The lowest BCUT2D eigenvalue weighted by Crippen LogP contribution is -2.19. The summed E-state index contributed by atoms with van der Waals surface area (Å²) in [6, 6.07) is 8.77. The molecule has 0 saturated heterocycles. The van der Waals surface area contributed by atoms with Gasteiger partial charge < -0.3 is 9.88 Å². The van der Waals surface area contributed by atoms with E-state index >= 15 is 0 Å². The lowest BCUT2D eigenvalue weighted by atomic mass is 10.1. The molecular weight excluding hydrogens is 234 g/mol. The van der Waals surface area contributed by atoms with Crippen LogP contribution in [0.3, 0.4) is 0 Å². The highest BCUT2D eigenvalue weighted by atomic mass is 15.0. The molecule has 1 atom stereocenters. The molecule has 0 aromatic carbocycles. The molecule has 0 radical (unpaired) electrons. The molecule has 2 heterocycles. The van der Waals surface area contributed by atoms with Crippen LogP contribution in [-0.2, 0) is 13.0 Å². The zero-order valence-electron chi connectivity index (χ0n) is 11.8. The van der Waals surface area contributed by atoms with Crippen molar-refractivity contribution in [1.29, 1.82) is 0 Å². The van der Waals surface area contributed by atoms with E-state index in [9.17, 15) is 0 Å². The van der Waals surface area contributed by atoms with Crippen LogP contribution in [0, 0.1) is 0 Å². The minimum absolute atomic E-state index is 0.473. The minimum Gasteiger partial charge on any atom is -0.354 e. The van der Waals surface area contributed by atoms with E-state index in [0.29, 0.717) is 6.04 Å². The topological polar surface area (TPSA) is 29.9 Å². The van der Waals surface area contributed by atoms with Gasteiger partial charge in [-0.05, 0) is 36.7 Å². The summed E-state index contributed by atoms with van der Waals surface area (Å²) in [6.45, 7) is 6.37. The summed E-state index contributed by atoms with van der Waals surface area (Å²) in [5, 5.41) is 3.51. The molecule has 0 amide bonds. The largest absolute Gasteiger partial charge is 0.354 e. The maximum Gasteiger partial charge on any atom is 0.0421 e. The maximum absolute atomic E-state index is 4.36. The van der Waals surface area contributed by atoms with E-state index < -0.39 is 0 Å². The average molecular weight is 257 g/mol. The number of hydrogen-bond acceptors (Lipinski definition) is 2. The summed E-state index contributed by atoms with van der Waals surface area (Å²) in [5.74, 6) is 0. The molecule has 19 heavy (non-hydrogen) atoms. The molecule has 3 heteroatoms. The fourth-order valence-electron chi connectivity index (χ4n) is 2.34. The summed E-state index contributed by atoms with van der Waals surface area (Å²) >= 11 is 0. The van der Waals surface area contributed by atoms with E-state index in [4.69, 9.17) is 0 Å². The lowest BCUT2D eigenvalue weighted by Gasteiger charge is -2.13. The van der Waals surface area contributed by atoms with Crippen molar-refractivity contribution in [3.63, 3.8) is 0 Å². The van der Waals surface area contributed by atoms with Crippen LogP contribution in [0.2, 0.25) is 0 Å². The fraction of sp³-hybridized carbons (Fsp3) is 0.438. The first kappa shape index (κ1) is 13.8. The number of aryl methyl sites for hydroxylation is 2. The molecule has 0 aliphatic rings. The standard InChI is InChI=1S/C16H23N3/c1-3-16(17-4-2)14-8-11-19(13-14)12-9-15-7-5-6-10-18-15/h5-8,10-11,13,16-17H,3-4,9,12H2,1-2H3. The van der Waals surface area contributed by atoms with Gasteiger partial charge in [0.25, 0.3) is 0 Å². The molecule has 0 aliphatic heterocycles. The summed E-state index contributed by atoms with van der Waals surface area (Å²) in [4.78, 5) is 4.36. The zero-order chi connectivity index (χ0) is 13.5. The van der Waals surface area contributed by atoms with Crippen LogP contribution in [0.5, 0.6) is 0 Å². The van der Waals surface area contributed by atoms with Crippen LogP contribution in [-0.4, -0.2) is 16.1 Å². The molecular formula is C16H23N3. The second-order valence-electron chi connectivity index (χ2n) is 4.77. The van der Waals surface area contributed by atoms with Crippen LogP contribution in [0.25, 0.3) is 0 Å². The Kier molecular flexibility index (Phi) is 5.16. The summed E-state index contributed by atoms with van der Waals surface area (Å²) in [6.07, 6.45) is 8.37. The Morgan fingerprint density at radius 2 is 2.16 bits per heavy atom. The van der Waals surface area contributed by atoms with Gasteiger partial charge in [-0.3, -0.25) is 4.98 Å². The van der Waals surface area contributed by atoms with Crippen molar-refractivity contribution in [2.75, 3.05) is 6.54 Å². The minimum atomic E-state index is 0.473. The summed E-state index contributed by atoms with van der Waals surface area (Å²) in [7, 11) is 0. The third-order valence-electron chi connectivity index (χ3n) is 3.39. The van der Waals surface area contributed by atoms with E-state index in [1.165, 1.54) is 5.56 Å². The first-order chi connectivity index (χ1) is 9.33. The predicted octanol–water partition coefficient (Wildman–Crippen LogP) is 3.19. The van der Waals surface area contributed by atoms with Gasteiger partial charge in [0.15, 0.2) is 0 Å². The zero-order valence-corrected chi connectivity index (χ0v) is 11.8. The van der Waals surface area contributed by atoms with E-state index in [-0.39, 0.29) is 0 Å². The van der Waals surface area contributed by atoms with Gasteiger partial charge in [-0.15, -0.1) is 0 Å². The molecule has 0 saturated carbocycles. The molecule has 0 spiro atoms. The molecule has 1 unspecified atom stereocenters. The second kappa shape index (κ2) is 7.10. The number of hydrogen-bond donors (Lipinski definition) is 1. The van der Waals surface area contributed by atoms with Crippen molar-refractivity contribution in [2.24, 2.45) is 0 Å². The highest BCUT2D eigenvalue weighted by molar-refractivity contribution is 5.15. The number of nitrogens with one attached hydrogen (secondary N) is 1. The Morgan fingerprint density at radius 3 is 2.84 bits per heavy atom. The monoisotopic (exact) mass is 257 g/mol. The molecule has 2 aromatic heterocycles. The third kappa shape index (κ3) is 3.93. The van der Waals surface area contributed by atoms with Crippen LogP contribution < -0.4 is 5.32 Å². The molecule has 0 bridgehead atoms. The molecule has 0 fully saturated rings.